The van der Waals surface area contributed by atoms with Crippen molar-refractivity contribution in [3.63, 3.8) is 0 Å². The minimum Gasteiger partial charge on any atom is -0.503 e. The number of nitrogens with zero attached hydrogens (tertiary/aromatic N) is 2. The van der Waals surface area contributed by atoms with Gasteiger partial charge in [0.25, 0.3) is 11.8 Å². The smallest absolute Gasteiger partial charge is 0.334 e. The fourth-order valence-corrected chi connectivity index (χ4v) is 3.68. The highest BCUT2D eigenvalue weighted by Gasteiger charge is 2.49. The molecule has 3 rings (SSSR count). The van der Waals surface area contributed by atoms with E-state index >= 15 is 0 Å². The minimum atomic E-state index is -1.44. The third kappa shape index (κ3) is 4.24. The van der Waals surface area contributed by atoms with Gasteiger partial charge in [0.05, 0.1) is 22.7 Å². The van der Waals surface area contributed by atoms with Crippen molar-refractivity contribution in [2.45, 2.75) is 19.4 Å². The Morgan fingerprint density at radius 3 is 2.39 bits per heavy atom. The Balaban J connectivity index is 2.10. The zero-order chi connectivity index (χ0) is 22.7. The number of hydrogen-bond donors (Lipinski definition) is 1. The normalized spacial score (nSPS) is 15.9. The summed E-state index contributed by atoms with van der Waals surface area (Å²) in [5.74, 6) is -3.23. The number of aliphatic hydroxyl groups excluding tert-OH is 1. The van der Waals surface area contributed by atoms with Crippen LogP contribution in [0.3, 0.4) is 0 Å². The van der Waals surface area contributed by atoms with Crippen LogP contribution in [0.5, 0.6) is 0 Å². The predicted octanol–water partition coefficient (Wildman–Crippen LogP) is 4.14. The van der Waals surface area contributed by atoms with Crippen molar-refractivity contribution in [2.75, 3.05) is 23.5 Å². The first-order valence-corrected chi connectivity index (χ1v) is 10.2. The number of carbonyl (C=O) groups excluding carboxylic acids is 3. The van der Waals surface area contributed by atoms with Crippen LogP contribution in [0.15, 0.2) is 59.9 Å². The van der Waals surface area contributed by atoms with Crippen LogP contribution in [-0.4, -0.2) is 42.6 Å². The molecule has 7 nitrogen and oxygen atoms in total. The Bertz CT molecular complexity index is 1060. The summed E-state index contributed by atoms with van der Waals surface area (Å²) in [6.07, 6.45) is 0.569. The first kappa shape index (κ1) is 22.7. The lowest BCUT2D eigenvalue weighted by atomic mass is 10.1. The van der Waals surface area contributed by atoms with Crippen molar-refractivity contribution in [3.8, 4) is 0 Å². The average molecular weight is 463 g/mol. The number of rotatable bonds is 6. The molecule has 2 aromatic carbocycles. The Morgan fingerprint density at radius 1 is 1.13 bits per heavy atom. The quantitative estimate of drug-likeness (QED) is 0.651. The molecule has 1 aliphatic rings. The van der Waals surface area contributed by atoms with Crippen molar-refractivity contribution in [1.82, 2.24) is 0 Å². The SMILES string of the molecule is CCCN(C(=O)C1=C(O)C(=O)N(c2ccccc2)C1C(=O)OC)c1ccc(Cl)c(Cl)c1. The molecule has 1 atom stereocenters. The monoisotopic (exact) mass is 462 g/mol. The second-order valence-electron chi connectivity index (χ2n) is 6.75. The molecule has 0 spiro atoms. The first-order valence-electron chi connectivity index (χ1n) is 9.48. The summed E-state index contributed by atoms with van der Waals surface area (Å²) in [6.45, 7) is 2.11. The van der Waals surface area contributed by atoms with Crippen molar-refractivity contribution in [2.24, 2.45) is 0 Å². The Labute approximate surface area is 189 Å². The largest absolute Gasteiger partial charge is 0.503 e. The highest BCUT2D eigenvalue weighted by molar-refractivity contribution is 6.42. The van der Waals surface area contributed by atoms with E-state index < -0.39 is 29.6 Å². The van der Waals surface area contributed by atoms with E-state index in [2.05, 4.69) is 0 Å². The molecule has 0 bridgehead atoms. The van der Waals surface area contributed by atoms with Crippen LogP contribution >= 0.6 is 23.2 Å². The number of methoxy groups -OCH3 is 1. The lowest BCUT2D eigenvalue weighted by Gasteiger charge is -2.27. The summed E-state index contributed by atoms with van der Waals surface area (Å²) in [4.78, 5) is 41.4. The van der Waals surface area contributed by atoms with Crippen LogP contribution in [0.4, 0.5) is 11.4 Å². The van der Waals surface area contributed by atoms with Crippen LogP contribution < -0.4 is 9.80 Å². The van der Waals surface area contributed by atoms with Gasteiger partial charge in [-0.15, -0.1) is 0 Å². The van der Waals surface area contributed by atoms with Gasteiger partial charge in [0.1, 0.15) is 0 Å². The van der Waals surface area contributed by atoms with E-state index in [0.29, 0.717) is 22.8 Å². The van der Waals surface area contributed by atoms with E-state index in [1.807, 2.05) is 6.92 Å². The summed E-state index contributed by atoms with van der Waals surface area (Å²) in [5, 5.41) is 11.2. The van der Waals surface area contributed by atoms with Crippen LogP contribution in [0.25, 0.3) is 0 Å². The summed E-state index contributed by atoms with van der Waals surface area (Å²) >= 11 is 12.1. The third-order valence-electron chi connectivity index (χ3n) is 4.80. The number of hydrogen-bond acceptors (Lipinski definition) is 5. The van der Waals surface area contributed by atoms with E-state index in [1.54, 1.807) is 36.4 Å². The fraction of sp³-hybridized carbons (Fsp3) is 0.227. The molecule has 1 aliphatic heterocycles. The zero-order valence-electron chi connectivity index (χ0n) is 16.8. The van der Waals surface area contributed by atoms with Crippen LogP contribution in [0.2, 0.25) is 10.0 Å². The molecule has 0 fully saturated rings. The number of aliphatic hydroxyl groups is 1. The topological polar surface area (TPSA) is 87.2 Å². The predicted molar refractivity (Wildman–Crippen MR) is 118 cm³/mol. The maximum atomic E-state index is 13.5. The molecule has 2 aromatic rings. The molecule has 1 N–H and O–H groups in total. The van der Waals surface area contributed by atoms with E-state index in [1.165, 1.54) is 17.0 Å². The van der Waals surface area contributed by atoms with Gasteiger partial charge in [-0.2, -0.15) is 0 Å². The number of amides is 2. The van der Waals surface area contributed by atoms with Crippen molar-refractivity contribution in [3.05, 3.63) is 69.9 Å². The van der Waals surface area contributed by atoms with Crippen molar-refractivity contribution >= 4 is 52.4 Å². The van der Waals surface area contributed by atoms with E-state index in [4.69, 9.17) is 27.9 Å². The average Bonchev–Trinajstić information content (AvgIpc) is 3.04. The Morgan fingerprint density at radius 2 is 1.81 bits per heavy atom. The van der Waals surface area contributed by atoms with Crippen LogP contribution in [-0.2, 0) is 19.1 Å². The molecular formula is C22H20Cl2N2O5. The van der Waals surface area contributed by atoms with Gasteiger partial charge in [-0.05, 0) is 36.8 Å². The lowest BCUT2D eigenvalue weighted by molar-refractivity contribution is -0.142. The standard InChI is InChI=1S/C22H20Cl2N2O5/c1-3-11-25(14-9-10-15(23)16(24)12-14)20(28)17-18(22(30)31-2)26(21(29)19(17)27)13-7-5-4-6-8-13/h4-10,12,18,27H,3,11H2,1-2H3. The number of para-hydroxylation sites is 1. The maximum Gasteiger partial charge on any atom is 0.334 e. The number of halogens is 2. The molecule has 1 unspecified atom stereocenters. The summed E-state index contributed by atoms with van der Waals surface area (Å²) in [5.41, 5.74) is 0.393. The fourth-order valence-electron chi connectivity index (χ4n) is 3.38. The number of anilines is 2. The molecule has 1 heterocycles. The van der Waals surface area contributed by atoms with Crippen molar-refractivity contribution in [1.29, 1.82) is 0 Å². The number of ether oxygens (including phenoxy) is 1. The van der Waals surface area contributed by atoms with Crippen molar-refractivity contribution < 1.29 is 24.2 Å². The zero-order valence-corrected chi connectivity index (χ0v) is 18.4. The molecule has 0 saturated carbocycles. The molecule has 0 radical (unpaired) electrons. The van der Waals surface area contributed by atoms with Crippen LogP contribution in [0.1, 0.15) is 13.3 Å². The van der Waals surface area contributed by atoms with E-state index in [-0.39, 0.29) is 17.1 Å². The maximum absolute atomic E-state index is 13.5. The van der Waals surface area contributed by atoms with Gasteiger partial charge >= 0.3 is 5.97 Å². The molecule has 0 aliphatic carbocycles. The molecule has 0 saturated heterocycles. The Hall–Kier alpha value is -3.03. The molecule has 31 heavy (non-hydrogen) atoms. The highest BCUT2D eigenvalue weighted by atomic mass is 35.5. The highest BCUT2D eigenvalue weighted by Crippen LogP contribution is 2.34. The van der Waals surface area contributed by atoms with Gasteiger partial charge in [-0.25, -0.2) is 4.79 Å². The molecule has 0 aromatic heterocycles. The Kier molecular flexibility index (Phi) is 6.87. The van der Waals surface area contributed by atoms with Gasteiger partial charge in [-0.3, -0.25) is 14.5 Å². The van der Waals surface area contributed by atoms with Gasteiger partial charge < -0.3 is 14.7 Å². The second-order valence-corrected chi connectivity index (χ2v) is 7.57. The number of carbonyl (C=O) groups is 3. The molecule has 9 heteroatoms. The van der Waals surface area contributed by atoms with Gasteiger partial charge in [0.2, 0.25) is 0 Å². The number of benzene rings is 2. The molecule has 162 valence electrons. The molecule has 2 amide bonds. The summed E-state index contributed by atoms with van der Waals surface area (Å²) < 4.78 is 4.86. The van der Waals surface area contributed by atoms with E-state index in [0.717, 1.165) is 12.0 Å². The summed E-state index contributed by atoms with van der Waals surface area (Å²) in [7, 11) is 1.15. The van der Waals surface area contributed by atoms with Gasteiger partial charge in [0.15, 0.2) is 11.8 Å². The van der Waals surface area contributed by atoms with Gasteiger partial charge in [0, 0.05) is 17.9 Å². The lowest BCUT2D eigenvalue weighted by Crippen LogP contribution is -2.45. The third-order valence-corrected chi connectivity index (χ3v) is 5.54. The van der Waals surface area contributed by atoms with E-state index in [9.17, 15) is 19.5 Å². The second kappa shape index (κ2) is 9.41. The molecular weight excluding hydrogens is 443 g/mol. The van der Waals surface area contributed by atoms with Gasteiger partial charge in [-0.1, -0.05) is 48.3 Å². The number of esters is 1. The summed E-state index contributed by atoms with van der Waals surface area (Å²) in [6, 6.07) is 11.5. The van der Waals surface area contributed by atoms with Crippen LogP contribution in [0, 0.1) is 0 Å². The first-order chi connectivity index (χ1) is 14.8. The minimum absolute atomic E-state index is 0.240.